The number of halogens is 1. The van der Waals surface area contributed by atoms with E-state index in [-0.39, 0.29) is 5.54 Å². The van der Waals surface area contributed by atoms with E-state index in [1.54, 1.807) is 0 Å². The van der Waals surface area contributed by atoms with Crippen LogP contribution in [0.15, 0.2) is 24.3 Å². The molecule has 0 aliphatic rings. The molecular formula is C16H22ClN3. The minimum atomic E-state index is -0.0959. The summed E-state index contributed by atoms with van der Waals surface area (Å²) in [5, 5.41) is 0.714. The zero-order chi connectivity index (χ0) is 15.1. The Morgan fingerprint density at radius 2 is 1.70 bits per heavy atom. The second-order valence-corrected chi connectivity index (χ2v) is 6.81. The summed E-state index contributed by atoms with van der Waals surface area (Å²) < 4.78 is 2.13. The summed E-state index contributed by atoms with van der Waals surface area (Å²) in [6, 6.07) is 7.64. The number of benzene rings is 1. The lowest BCUT2D eigenvalue weighted by molar-refractivity contribution is 0.382. The molecule has 0 bridgehead atoms. The van der Waals surface area contributed by atoms with Gasteiger partial charge in [-0.05, 0) is 32.9 Å². The van der Waals surface area contributed by atoms with E-state index >= 15 is 0 Å². The summed E-state index contributed by atoms with van der Waals surface area (Å²) in [6.07, 6.45) is 0. The van der Waals surface area contributed by atoms with E-state index in [1.807, 2.05) is 24.3 Å². The summed E-state index contributed by atoms with van der Waals surface area (Å²) in [6.45, 7) is 10.7. The van der Waals surface area contributed by atoms with Crippen molar-refractivity contribution in [3.8, 4) is 11.3 Å². The number of hydrogen-bond acceptors (Lipinski definition) is 2. The predicted octanol–water partition coefficient (Wildman–Crippen LogP) is 4.66. The van der Waals surface area contributed by atoms with E-state index in [1.165, 1.54) is 0 Å². The highest BCUT2D eigenvalue weighted by Crippen LogP contribution is 2.34. The standard InChI is InChI=1S/C16H22ClN3/c1-10(2)15-19-13(11-6-8-12(17)9-7-11)14(18)20(15)16(3,4)5/h6-10H,18H2,1-5H3. The molecule has 1 heterocycles. The van der Waals surface area contributed by atoms with Crippen LogP contribution in [0.2, 0.25) is 5.02 Å². The van der Waals surface area contributed by atoms with Gasteiger partial charge in [-0.2, -0.15) is 0 Å². The Kier molecular flexibility index (Phi) is 3.83. The molecule has 108 valence electrons. The molecule has 0 saturated carbocycles. The summed E-state index contributed by atoms with van der Waals surface area (Å²) in [7, 11) is 0. The minimum absolute atomic E-state index is 0.0959. The highest BCUT2D eigenvalue weighted by molar-refractivity contribution is 6.30. The van der Waals surface area contributed by atoms with Gasteiger partial charge >= 0.3 is 0 Å². The van der Waals surface area contributed by atoms with E-state index in [0.717, 1.165) is 17.1 Å². The second-order valence-electron chi connectivity index (χ2n) is 6.37. The summed E-state index contributed by atoms with van der Waals surface area (Å²) in [5.41, 5.74) is 8.10. The van der Waals surface area contributed by atoms with Crippen molar-refractivity contribution in [3.63, 3.8) is 0 Å². The van der Waals surface area contributed by atoms with Gasteiger partial charge in [0.15, 0.2) is 0 Å². The maximum absolute atomic E-state index is 6.37. The molecule has 1 aromatic carbocycles. The summed E-state index contributed by atoms with van der Waals surface area (Å²) in [5.74, 6) is 2.04. The lowest BCUT2D eigenvalue weighted by Gasteiger charge is -2.26. The third-order valence-corrected chi connectivity index (χ3v) is 3.50. The third-order valence-electron chi connectivity index (χ3n) is 3.24. The normalized spacial score (nSPS) is 12.2. The number of hydrogen-bond donors (Lipinski definition) is 1. The Labute approximate surface area is 125 Å². The van der Waals surface area contributed by atoms with Crippen molar-refractivity contribution >= 4 is 17.4 Å². The molecule has 2 N–H and O–H groups in total. The Bertz CT molecular complexity index is 604. The van der Waals surface area contributed by atoms with Crippen LogP contribution in [0.3, 0.4) is 0 Å². The zero-order valence-electron chi connectivity index (χ0n) is 12.7. The van der Waals surface area contributed by atoms with Gasteiger partial charge in [-0.15, -0.1) is 0 Å². The van der Waals surface area contributed by atoms with Crippen LogP contribution in [0, 0.1) is 0 Å². The van der Waals surface area contributed by atoms with Crippen molar-refractivity contribution in [1.29, 1.82) is 0 Å². The summed E-state index contributed by atoms with van der Waals surface area (Å²) in [4.78, 5) is 4.77. The van der Waals surface area contributed by atoms with Crippen LogP contribution in [-0.2, 0) is 5.54 Å². The van der Waals surface area contributed by atoms with Gasteiger partial charge < -0.3 is 10.3 Å². The fraction of sp³-hybridized carbons (Fsp3) is 0.438. The van der Waals surface area contributed by atoms with Crippen molar-refractivity contribution in [3.05, 3.63) is 35.1 Å². The number of nitrogens with two attached hydrogens (primary N) is 1. The van der Waals surface area contributed by atoms with E-state index in [0.29, 0.717) is 16.8 Å². The van der Waals surface area contributed by atoms with Crippen LogP contribution in [0.1, 0.15) is 46.4 Å². The number of aromatic nitrogens is 2. The van der Waals surface area contributed by atoms with Gasteiger partial charge in [-0.1, -0.05) is 37.6 Å². The van der Waals surface area contributed by atoms with Crippen LogP contribution >= 0.6 is 11.6 Å². The highest BCUT2D eigenvalue weighted by atomic mass is 35.5. The Hall–Kier alpha value is -1.48. The van der Waals surface area contributed by atoms with Crippen LogP contribution in [0.4, 0.5) is 5.82 Å². The molecule has 20 heavy (non-hydrogen) atoms. The lowest BCUT2D eigenvalue weighted by atomic mass is 10.1. The number of nitrogen functional groups attached to an aromatic ring is 1. The maximum atomic E-state index is 6.37. The molecular weight excluding hydrogens is 270 g/mol. The molecule has 0 aliphatic heterocycles. The molecule has 2 rings (SSSR count). The molecule has 0 unspecified atom stereocenters. The predicted molar refractivity (Wildman–Crippen MR) is 86.2 cm³/mol. The molecule has 0 spiro atoms. The van der Waals surface area contributed by atoms with Gasteiger partial charge in [-0.25, -0.2) is 4.98 Å². The maximum Gasteiger partial charge on any atom is 0.132 e. The van der Waals surface area contributed by atoms with Crippen LogP contribution in [0.25, 0.3) is 11.3 Å². The average Bonchev–Trinajstić information content (AvgIpc) is 2.68. The Morgan fingerprint density at radius 3 is 2.10 bits per heavy atom. The van der Waals surface area contributed by atoms with Crippen LogP contribution < -0.4 is 5.73 Å². The molecule has 0 atom stereocenters. The number of nitrogens with zero attached hydrogens (tertiary/aromatic N) is 2. The first kappa shape index (κ1) is 14.9. The van der Waals surface area contributed by atoms with Crippen molar-refractivity contribution in [1.82, 2.24) is 9.55 Å². The van der Waals surface area contributed by atoms with Crippen molar-refractivity contribution in [2.24, 2.45) is 0 Å². The van der Waals surface area contributed by atoms with Crippen LogP contribution in [-0.4, -0.2) is 9.55 Å². The lowest BCUT2D eigenvalue weighted by Crippen LogP contribution is -2.26. The van der Waals surface area contributed by atoms with E-state index in [9.17, 15) is 0 Å². The van der Waals surface area contributed by atoms with Gasteiger partial charge in [0.1, 0.15) is 17.3 Å². The van der Waals surface area contributed by atoms with Crippen molar-refractivity contribution in [2.45, 2.75) is 46.1 Å². The molecule has 4 heteroatoms. The molecule has 3 nitrogen and oxygen atoms in total. The van der Waals surface area contributed by atoms with Gasteiger partial charge in [-0.3, -0.25) is 0 Å². The molecule has 1 aromatic heterocycles. The first-order valence-electron chi connectivity index (χ1n) is 6.86. The average molecular weight is 292 g/mol. The zero-order valence-corrected chi connectivity index (χ0v) is 13.5. The first-order valence-corrected chi connectivity index (χ1v) is 7.24. The van der Waals surface area contributed by atoms with Gasteiger partial charge in [0.05, 0.1) is 0 Å². The largest absolute Gasteiger partial charge is 0.383 e. The van der Waals surface area contributed by atoms with Gasteiger partial charge in [0.2, 0.25) is 0 Å². The smallest absolute Gasteiger partial charge is 0.132 e. The molecule has 0 aliphatic carbocycles. The first-order chi connectivity index (χ1) is 9.21. The van der Waals surface area contributed by atoms with E-state index in [4.69, 9.17) is 22.3 Å². The van der Waals surface area contributed by atoms with Crippen LogP contribution in [0.5, 0.6) is 0 Å². The minimum Gasteiger partial charge on any atom is -0.383 e. The molecule has 0 saturated heterocycles. The van der Waals surface area contributed by atoms with Gasteiger partial charge in [0.25, 0.3) is 0 Å². The molecule has 0 amide bonds. The monoisotopic (exact) mass is 291 g/mol. The third kappa shape index (κ3) is 2.68. The number of anilines is 1. The van der Waals surface area contributed by atoms with Crippen molar-refractivity contribution < 1.29 is 0 Å². The Morgan fingerprint density at radius 1 is 1.15 bits per heavy atom. The Balaban J connectivity index is 2.64. The SMILES string of the molecule is CC(C)c1nc(-c2ccc(Cl)cc2)c(N)n1C(C)(C)C. The molecule has 0 fully saturated rings. The van der Waals surface area contributed by atoms with E-state index < -0.39 is 0 Å². The quantitative estimate of drug-likeness (QED) is 0.874. The number of rotatable bonds is 2. The molecule has 2 aromatic rings. The highest BCUT2D eigenvalue weighted by Gasteiger charge is 2.25. The second kappa shape index (κ2) is 5.13. The molecule has 0 radical (unpaired) electrons. The van der Waals surface area contributed by atoms with Gasteiger partial charge in [0, 0.05) is 22.0 Å². The van der Waals surface area contributed by atoms with E-state index in [2.05, 4.69) is 39.2 Å². The summed E-state index contributed by atoms with van der Waals surface area (Å²) >= 11 is 5.94. The topological polar surface area (TPSA) is 43.8 Å². The fourth-order valence-corrected chi connectivity index (χ4v) is 2.49. The number of imidazole rings is 1. The van der Waals surface area contributed by atoms with Crippen molar-refractivity contribution in [2.75, 3.05) is 5.73 Å². The fourth-order valence-electron chi connectivity index (χ4n) is 2.36.